The lowest BCUT2D eigenvalue weighted by Gasteiger charge is -2.34. The molecule has 1 saturated heterocycles. The second kappa shape index (κ2) is 8.99. The summed E-state index contributed by atoms with van der Waals surface area (Å²) in [6.45, 7) is 3.73. The number of aromatic nitrogens is 1. The average molecular weight is 402 g/mol. The molecule has 1 aromatic heterocycles. The Hall–Kier alpha value is -3.34. The molecule has 30 heavy (non-hydrogen) atoms. The molecular weight excluding hydrogens is 374 g/mol. The van der Waals surface area contributed by atoms with Crippen LogP contribution in [0.2, 0.25) is 0 Å². The van der Waals surface area contributed by atoms with Gasteiger partial charge in [-0.3, -0.25) is 9.78 Å². The summed E-state index contributed by atoms with van der Waals surface area (Å²) >= 11 is 0. The van der Waals surface area contributed by atoms with E-state index in [2.05, 4.69) is 27.3 Å². The van der Waals surface area contributed by atoms with E-state index in [1.54, 1.807) is 7.11 Å². The minimum absolute atomic E-state index is 0.0393. The predicted octanol–water partition coefficient (Wildman–Crippen LogP) is 4.46. The van der Waals surface area contributed by atoms with Crippen LogP contribution in [-0.4, -0.2) is 37.1 Å². The van der Waals surface area contributed by atoms with Crippen molar-refractivity contribution in [1.82, 2.24) is 10.3 Å². The number of piperidine rings is 1. The van der Waals surface area contributed by atoms with E-state index in [0.29, 0.717) is 5.56 Å². The average Bonchev–Trinajstić information content (AvgIpc) is 2.80. The molecule has 0 aliphatic carbocycles. The first-order chi connectivity index (χ1) is 14.6. The second-order valence-corrected chi connectivity index (χ2v) is 7.63. The highest BCUT2D eigenvalue weighted by Crippen LogP contribution is 2.23. The molecule has 3 aromatic rings. The Morgan fingerprint density at radius 2 is 1.70 bits per heavy atom. The molecule has 4 rings (SSSR count). The molecule has 0 radical (unpaired) electrons. The molecule has 154 valence electrons. The normalized spacial score (nSPS) is 14.4. The Kier molecular flexibility index (Phi) is 5.98. The molecule has 0 atom stereocenters. The van der Waals surface area contributed by atoms with Crippen molar-refractivity contribution < 1.29 is 9.53 Å². The highest BCUT2D eigenvalue weighted by Gasteiger charge is 2.22. The van der Waals surface area contributed by atoms with Gasteiger partial charge in [0, 0.05) is 30.4 Å². The number of nitrogens with zero attached hydrogens (tertiary/aromatic N) is 2. The van der Waals surface area contributed by atoms with E-state index in [9.17, 15) is 4.79 Å². The zero-order chi connectivity index (χ0) is 20.9. The lowest BCUT2D eigenvalue weighted by atomic mass is 10.0. The molecule has 0 saturated carbocycles. The summed E-state index contributed by atoms with van der Waals surface area (Å²) in [7, 11) is 1.68. The van der Waals surface area contributed by atoms with Crippen LogP contribution in [0.3, 0.4) is 0 Å². The van der Waals surface area contributed by atoms with Crippen molar-refractivity contribution >= 4 is 11.6 Å². The van der Waals surface area contributed by atoms with Crippen LogP contribution in [0.4, 0.5) is 5.69 Å². The topological polar surface area (TPSA) is 54.5 Å². The number of aryl methyl sites for hydroxylation is 1. The Balaban J connectivity index is 1.35. The van der Waals surface area contributed by atoms with Gasteiger partial charge >= 0.3 is 0 Å². The first-order valence-electron chi connectivity index (χ1n) is 10.4. The lowest BCUT2D eigenvalue weighted by Crippen LogP contribution is -2.44. The standard InChI is InChI=1S/C25H27N3O2/c1-18-23(12-13-24(26-18)19-6-4-3-5-7-19)25(29)27-20-14-16-28(17-15-20)21-8-10-22(30-2)11-9-21/h3-13,20H,14-17H2,1-2H3,(H,27,29). The summed E-state index contributed by atoms with van der Waals surface area (Å²) in [5.74, 6) is 0.825. The lowest BCUT2D eigenvalue weighted by molar-refractivity contribution is 0.0930. The number of amides is 1. The van der Waals surface area contributed by atoms with Crippen molar-refractivity contribution in [2.45, 2.75) is 25.8 Å². The summed E-state index contributed by atoms with van der Waals surface area (Å²) in [6.07, 6.45) is 1.85. The highest BCUT2D eigenvalue weighted by atomic mass is 16.5. The van der Waals surface area contributed by atoms with E-state index in [0.717, 1.165) is 48.6 Å². The third-order valence-electron chi connectivity index (χ3n) is 5.67. The monoisotopic (exact) mass is 401 g/mol. The third-order valence-corrected chi connectivity index (χ3v) is 5.67. The highest BCUT2D eigenvalue weighted by molar-refractivity contribution is 5.95. The van der Waals surface area contributed by atoms with E-state index in [1.807, 2.05) is 61.5 Å². The fourth-order valence-corrected chi connectivity index (χ4v) is 3.91. The molecule has 1 fully saturated rings. The zero-order valence-corrected chi connectivity index (χ0v) is 17.5. The largest absolute Gasteiger partial charge is 0.497 e. The molecule has 1 N–H and O–H groups in total. The maximum absolute atomic E-state index is 12.8. The molecule has 5 heteroatoms. The van der Waals surface area contributed by atoms with Gasteiger partial charge in [-0.1, -0.05) is 30.3 Å². The molecule has 1 amide bonds. The molecule has 5 nitrogen and oxygen atoms in total. The summed E-state index contributed by atoms with van der Waals surface area (Å²) in [4.78, 5) is 19.8. The van der Waals surface area contributed by atoms with E-state index in [-0.39, 0.29) is 11.9 Å². The van der Waals surface area contributed by atoms with Gasteiger partial charge in [0.05, 0.1) is 24.1 Å². The van der Waals surface area contributed by atoms with Gasteiger partial charge in [-0.15, -0.1) is 0 Å². The number of ether oxygens (including phenoxy) is 1. The van der Waals surface area contributed by atoms with Gasteiger partial charge in [0.2, 0.25) is 0 Å². The first kappa shape index (κ1) is 20.0. The molecule has 1 aliphatic heterocycles. The smallest absolute Gasteiger partial charge is 0.253 e. The number of hydrogen-bond donors (Lipinski definition) is 1. The van der Waals surface area contributed by atoms with Crippen molar-refractivity contribution in [2.24, 2.45) is 0 Å². The van der Waals surface area contributed by atoms with Crippen LogP contribution in [0, 0.1) is 6.92 Å². The Morgan fingerprint density at radius 3 is 2.33 bits per heavy atom. The summed E-state index contributed by atoms with van der Waals surface area (Å²) in [5.41, 5.74) is 4.53. The number of pyridine rings is 1. The van der Waals surface area contributed by atoms with Gasteiger partial charge in [-0.2, -0.15) is 0 Å². The fraction of sp³-hybridized carbons (Fsp3) is 0.280. The molecule has 0 bridgehead atoms. The number of nitrogens with one attached hydrogen (secondary N) is 1. The molecule has 0 unspecified atom stereocenters. The van der Waals surface area contributed by atoms with Crippen molar-refractivity contribution in [3.05, 3.63) is 78.0 Å². The van der Waals surface area contributed by atoms with Crippen molar-refractivity contribution in [3.8, 4) is 17.0 Å². The van der Waals surface area contributed by atoms with Gasteiger partial charge < -0.3 is 15.0 Å². The van der Waals surface area contributed by atoms with Crippen molar-refractivity contribution in [1.29, 1.82) is 0 Å². The van der Waals surface area contributed by atoms with Crippen LogP contribution < -0.4 is 15.0 Å². The Bertz CT molecular complexity index is 995. The fourth-order valence-electron chi connectivity index (χ4n) is 3.91. The maximum atomic E-state index is 12.8. The maximum Gasteiger partial charge on any atom is 0.253 e. The van der Waals surface area contributed by atoms with E-state index in [1.165, 1.54) is 5.69 Å². The summed E-state index contributed by atoms with van der Waals surface area (Å²) in [6, 6.07) is 22.1. The van der Waals surface area contributed by atoms with Gasteiger partial charge in [-0.05, 0) is 56.2 Å². The third kappa shape index (κ3) is 4.46. The number of anilines is 1. The van der Waals surface area contributed by atoms with Gasteiger partial charge in [0.1, 0.15) is 5.75 Å². The number of carbonyl (C=O) groups is 1. The number of benzene rings is 2. The SMILES string of the molecule is COc1ccc(N2CCC(NC(=O)c3ccc(-c4ccccc4)nc3C)CC2)cc1. The molecular formula is C25H27N3O2. The Labute approximate surface area is 177 Å². The second-order valence-electron chi connectivity index (χ2n) is 7.63. The zero-order valence-electron chi connectivity index (χ0n) is 17.5. The van der Waals surface area contributed by atoms with Crippen LogP contribution in [0.25, 0.3) is 11.3 Å². The number of carbonyl (C=O) groups excluding carboxylic acids is 1. The van der Waals surface area contributed by atoms with Crippen LogP contribution >= 0.6 is 0 Å². The van der Waals surface area contributed by atoms with E-state index < -0.39 is 0 Å². The van der Waals surface area contributed by atoms with Crippen LogP contribution in [0.1, 0.15) is 28.9 Å². The minimum Gasteiger partial charge on any atom is -0.497 e. The molecule has 1 aliphatic rings. The Morgan fingerprint density at radius 1 is 1.00 bits per heavy atom. The van der Waals surface area contributed by atoms with Crippen molar-refractivity contribution in [2.75, 3.05) is 25.1 Å². The summed E-state index contributed by atoms with van der Waals surface area (Å²) < 4.78 is 5.23. The number of rotatable bonds is 5. The molecule has 0 spiro atoms. The van der Waals surface area contributed by atoms with Gasteiger partial charge in [0.25, 0.3) is 5.91 Å². The van der Waals surface area contributed by atoms with Crippen LogP contribution in [-0.2, 0) is 0 Å². The minimum atomic E-state index is -0.0393. The number of hydrogen-bond acceptors (Lipinski definition) is 4. The number of methoxy groups -OCH3 is 1. The van der Waals surface area contributed by atoms with Crippen molar-refractivity contribution in [3.63, 3.8) is 0 Å². The van der Waals surface area contributed by atoms with Gasteiger partial charge in [0.15, 0.2) is 0 Å². The van der Waals surface area contributed by atoms with E-state index in [4.69, 9.17) is 4.74 Å². The van der Waals surface area contributed by atoms with Crippen LogP contribution in [0.5, 0.6) is 5.75 Å². The van der Waals surface area contributed by atoms with E-state index >= 15 is 0 Å². The van der Waals surface area contributed by atoms with Crippen LogP contribution in [0.15, 0.2) is 66.7 Å². The van der Waals surface area contributed by atoms with Gasteiger partial charge in [-0.25, -0.2) is 0 Å². The molecule has 2 heterocycles. The predicted molar refractivity (Wildman–Crippen MR) is 120 cm³/mol. The molecule has 2 aromatic carbocycles. The summed E-state index contributed by atoms with van der Waals surface area (Å²) in [5, 5.41) is 3.20. The first-order valence-corrected chi connectivity index (χ1v) is 10.4. The quantitative estimate of drug-likeness (QED) is 0.686.